The number of halogens is 1. The van der Waals surface area contributed by atoms with Crippen molar-refractivity contribution < 1.29 is 4.42 Å². The summed E-state index contributed by atoms with van der Waals surface area (Å²) >= 11 is 5.92. The lowest BCUT2D eigenvalue weighted by atomic mass is 10.1. The number of nitrogens with two attached hydrogens (primary N) is 1. The monoisotopic (exact) mass is 311 g/mol. The first-order chi connectivity index (χ1) is 10.7. The Balaban J connectivity index is 1.83. The lowest BCUT2D eigenvalue weighted by Gasteiger charge is -2.08. The summed E-state index contributed by atoms with van der Waals surface area (Å²) in [5, 5.41) is 12.1. The second-order valence-corrected chi connectivity index (χ2v) is 4.80. The molecule has 0 unspecified atom stereocenters. The number of nitriles is 1. The van der Waals surface area contributed by atoms with E-state index in [1.54, 1.807) is 12.3 Å². The predicted molar refractivity (Wildman–Crippen MR) is 83.6 cm³/mol. The summed E-state index contributed by atoms with van der Waals surface area (Å²) in [4.78, 5) is 7.97. The van der Waals surface area contributed by atoms with Gasteiger partial charge in [0.05, 0.1) is 11.9 Å². The minimum absolute atomic E-state index is 0.0725. The molecule has 2 aromatic heterocycles. The highest BCUT2D eigenvalue weighted by Gasteiger charge is 2.09. The van der Waals surface area contributed by atoms with Crippen molar-refractivity contribution in [1.29, 1.82) is 5.26 Å². The maximum Gasteiger partial charge on any atom is 0.181 e. The number of hydrogen-bond acceptors (Lipinski definition) is 6. The lowest BCUT2D eigenvalue weighted by molar-refractivity contribution is 0.572. The highest BCUT2D eigenvalue weighted by Crippen LogP contribution is 2.26. The zero-order valence-corrected chi connectivity index (χ0v) is 12.0. The fraction of sp³-hybridized carbons (Fsp3) is 0. The predicted octanol–water partition coefficient (Wildman–Crippen LogP) is 3.59. The molecule has 22 heavy (non-hydrogen) atoms. The molecule has 0 aliphatic heterocycles. The van der Waals surface area contributed by atoms with Crippen LogP contribution in [0.1, 0.15) is 5.56 Å². The van der Waals surface area contributed by atoms with E-state index in [1.807, 2.05) is 30.3 Å². The third-order valence-electron chi connectivity index (χ3n) is 2.99. The molecule has 0 radical (unpaired) electrons. The summed E-state index contributed by atoms with van der Waals surface area (Å²) in [5.74, 6) is 1.16. The molecule has 0 saturated carbocycles. The van der Waals surface area contributed by atoms with Crippen LogP contribution in [0.4, 0.5) is 17.2 Å². The van der Waals surface area contributed by atoms with Gasteiger partial charge in [-0.3, -0.25) is 0 Å². The first-order valence-corrected chi connectivity index (χ1v) is 6.67. The molecule has 0 spiro atoms. The number of benzene rings is 1. The summed E-state index contributed by atoms with van der Waals surface area (Å²) in [5.41, 5.74) is 7.94. The van der Waals surface area contributed by atoms with Gasteiger partial charge in [-0.05, 0) is 24.3 Å². The summed E-state index contributed by atoms with van der Waals surface area (Å²) in [6, 6.07) is 11.0. The molecule has 0 atom stereocenters. The number of aromatic nitrogens is 2. The Morgan fingerprint density at radius 1 is 1.27 bits per heavy atom. The smallest absolute Gasteiger partial charge is 0.181 e. The standard InChI is InChI=1S/C15H10ClN5O/c16-15-11(6-17)12(18)5-14(21-15)20-10-3-1-9(2-4-10)13-7-19-8-22-13/h1-5,7-8H,(H3,18,20,21). The van der Waals surface area contributed by atoms with E-state index in [2.05, 4.69) is 15.3 Å². The third-order valence-corrected chi connectivity index (χ3v) is 3.27. The van der Waals surface area contributed by atoms with E-state index in [4.69, 9.17) is 27.0 Å². The first-order valence-electron chi connectivity index (χ1n) is 6.29. The van der Waals surface area contributed by atoms with Gasteiger partial charge in [-0.2, -0.15) is 5.26 Å². The van der Waals surface area contributed by atoms with Crippen molar-refractivity contribution in [3.05, 3.63) is 53.6 Å². The number of rotatable bonds is 3. The molecule has 3 rings (SSSR count). The quantitative estimate of drug-likeness (QED) is 0.717. The van der Waals surface area contributed by atoms with Gasteiger partial charge in [0.25, 0.3) is 0 Å². The van der Waals surface area contributed by atoms with E-state index in [1.165, 1.54) is 6.39 Å². The van der Waals surface area contributed by atoms with Crippen molar-refractivity contribution >= 4 is 28.8 Å². The van der Waals surface area contributed by atoms with Crippen LogP contribution in [-0.2, 0) is 0 Å². The van der Waals surface area contributed by atoms with Crippen LogP contribution in [0.2, 0.25) is 5.15 Å². The fourth-order valence-electron chi connectivity index (χ4n) is 1.93. The van der Waals surface area contributed by atoms with Gasteiger partial charge in [-0.25, -0.2) is 9.97 Å². The van der Waals surface area contributed by atoms with Crippen LogP contribution in [0.25, 0.3) is 11.3 Å². The zero-order chi connectivity index (χ0) is 15.5. The van der Waals surface area contributed by atoms with Crippen molar-refractivity contribution in [3.63, 3.8) is 0 Å². The number of pyridine rings is 1. The van der Waals surface area contributed by atoms with E-state index in [0.717, 1.165) is 11.3 Å². The van der Waals surface area contributed by atoms with Crippen molar-refractivity contribution in [2.45, 2.75) is 0 Å². The second kappa shape index (κ2) is 5.76. The second-order valence-electron chi connectivity index (χ2n) is 4.44. The van der Waals surface area contributed by atoms with Crippen LogP contribution in [0.5, 0.6) is 0 Å². The van der Waals surface area contributed by atoms with Crippen LogP contribution in [-0.4, -0.2) is 9.97 Å². The third kappa shape index (κ3) is 2.71. The number of oxazole rings is 1. The Kier molecular flexibility index (Phi) is 3.64. The van der Waals surface area contributed by atoms with Gasteiger partial charge < -0.3 is 15.5 Å². The van der Waals surface area contributed by atoms with Gasteiger partial charge in [0.1, 0.15) is 17.5 Å². The van der Waals surface area contributed by atoms with Crippen molar-refractivity contribution in [2.24, 2.45) is 0 Å². The summed E-state index contributed by atoms with van der Waals surface area (Å²) in [6.07, 6.45) is 3.03. The molecule has 3 aromatic rings. The van der Waals surface area contributed by atoms with Gasteiger partial charge in [0.2, 0.25) is 0 Å². The van der Waals surface area contributed by atoms with Gasteiger partial charge in [0.15, 0.2) is 17.3 Å². The van der Waals surface area contributed by atoms with E-state index in [0.29, 0.717) is 11.6 Å². The Bertz CT molecular complexity index is 814. The molecule has 0 aliphatic rings. The number of hydrogen-bond donors (Lipinski definition) is 2. The molecule has 0 amide bonds. The van der Waals surface area contributed by atoms with Crippen LogP contribution in [0.3, 0.4) is 0 Å². The lowest BCUT2D eigenvalue weighted by Crippen LogP contribution is -1.99. The molecular formula is C15H10ClN5O. The first kappa shape index (κ1) is 13.9. The van der Waals surface area contributed by atoms with Crippen molar-refractivity contribution in [3.8, 4) is 17.4 Å². The van der Waals surface area contributed by atoms with Gasteiger partial charge in [0, 0.05) is 17.3 Å². The number of nitrogens with zero attached hydrogens (tertiary/aromatic N) is 3. The topological polar surface area (TPSA) is 101 Å². The number of nitrogen functional groups attached to an aromatic ring is 1. The van der Waals surface area contributed by atoms with Crippen LogP contribution >= 0.6 is 11.6 Å². The van der Waals surface area contributed by atoms with E-state index in [9.17, 15) is 0 Å². The molecule has 3 N–H and O–H groups in total. The molecule has 7 heteroatoms. The summed E-state index contributed by atoms with van der Waals surface area (Å²) in [7, 11) is 0. The molecule has 2 heterocycles. The minimum Gasteiger partial charge on any atom is -0.444 e. The molecule has 0 aliphatic carbocycles. The van der Waals surface area contributed by atoms with E-state index in [-0.39, 0.29) is 16.4 Å². The Morgan fingerprint density at radius 3 is 2.64 bits per heavy atom. The summed E-state index contributed by atoms with van der Waals surface area (Å²) in [6.45, 7) is 0. The molecule has 108 valence electrons. The van der Waals surface area contributed by atoms with Crippen molar-refractivity contribution in [1.82, 2.24) is 9.97 Å². The SMILES string of the molecule is N#Cc1c(N)cc(Nc2ccc(-c3cnco3)cc2)nc1Cl. The maximum atomic E-state index is 8.91. The fourth-order valence-corrected chi connectivity index (χ4v) is 2.17. The van der Waals surface area contributed by atoms with Crippen LogP contribution < -0.4 is 11.1 Å². The molecule has 6 nitrogen and oxygen atoms in total. The van der Waals surface area contributed by atoms with Gasteiger partial charge in [-0.15, -0.1) is 0 Å². The van der Waals surface area contributed by atoms with Crippen LogP contribution in [0.15, 0.2) is 47.3 Å². The normalized spacial score (nSPS) is 10.2. The molecular weight excluding hydrogens is 302 g/mol. The number of anilines is 3. The highest BCUT2D eigenvalue weighted by molar-refractivity contribution is 6.31. The minimum atomic E-state index is 0.0725. The molecule has 0 fully saturated rings. The molecule has 0 saturated heterocycles. The van der Waals surface area contributed by atoms with E-state index >= 15 is 0 Å². The largest absolute Gasteiger partial charge is 0.444 e. The van der Waals surface area contributed by atoms with Gasteiger partial charge >= 0.3 is 0 Å². The Labute approximate surface area is 131 Å². The van der Waals surface area contributed by atoms with Gasteiger partial charge in [-0.1, -0.05) is 11.6 Å². The Hall–Kier alpha value is -3.04. The summed E-state index contributed by atoms with van der Waals surface area (Å²) < 4.78 is 5.23. The molecule has 1 aromatic carbocycles. The average molecular weight is 312 g/mol. The zero-order valence-electron chi connectivity index (χ0n) is 11.2. The Morgan fingerprint density at radius 2 is 2.05 bits per heavy atom. The molecule has 0 bridgehead atoms. The van der Waals surface area contributed by atoms with Crippen LogP contribution in [0, 0.1) is 11.3 Å². The van der Waals surface area contributed by atoms with E-state index < -0.39 is 0 Å². The highest BCUT2D eigenvalue weighted by atomic mass is 35.5. The van der Waals surface area contributed by atoms with Crippen molar-refractivity contribution in [2.75, 3.05) is 11.1 Å². The maximum absolute atomic E-state index is 8.91. The number of nitrogens with one attached hydrogen (secondary N) is 1. The average Bonchev–Trinajstić information content (AvgIpc) is 3.02.